The Bertz CT molecular complexity index is 1330. The summed E-state index contributed by atoms with van der Waals surface area (Å²) in [5, 5.41) is 2.75. The van der Waals surface area contributed by atoms with E-state index in [4.69, 9.17) is 11.6 Å². The highest BCUT2D eigenvalue weighted by atomic mass is 16.2. The highest BCUT2D eigenvalue weighted by molar-refractivity contribution is 6.04. The van der Waals surface area contributed by atoms with Crippen molar-refractivity contribution in [3.05, 3.63) is 77.4 Å². The Morgan fingerprint density at radius 2 is 1.89 bits per heavy atom. The van der Waals surface area contributed by atoms with E-state index in [-0.39, 0.29) is 23.2 Å². The number of carbonyl (C=O) groups excluding carboxylic acids is 3. The Kier molecular flexibility index (Phi) is 6.37. The lowest BCUT2D eigenvalue weighted by molar-refractivity contribution is -0.128. The Morgan fingerprint density at radius 1 is 1.17 bits per heavy atom. The molecule has 2 aromatic heterocycles. The SMILES string of the molecule is C=C(C)C(=O)N1CCC[C@H]1c1nc(-c2ccc(C(=O)Nc3cc(C)ccn3)cc2)c(C(N)=O)n1N. The number of carbonyl (C=O) groups is 3. The first-order chi connectivity index (χ1) is 16.7. The molecule has 1 fully saturated rings. The summed E-state index contributed by atoms with van der Waals surface area (Å²) in [5.74, 6) is 5.82. The number of aryl methyl sites for hydroxylation is 1. The fourth-order valence-electron chi connectivity index (χ4n) is 4.22. The topological polar surface area (TPSA) is 149 Å². The molecule has 10 heteroatoms. The van der Waals surface area contributed by atoms with Gasteiger partial charge in [0.25, 0.3) is 11.8 Å². The fourth-order valence-corrected chi connectivity index (χ4v) is 4.22. The maximum absolute atomic E-state index is 12.6. The number of nitrogens with two attached hydrogens (primary N) is 2. The molecule has 1 aromatic carbocycles. The first-order valence-electron chi connectivity index (χ1n) is 11.2. The zero-order valence-corrected chi connectivity index (χ0v) is 19.6. The van der Waals surface area contributed by atoms with Gasteiger partial charge in [-0.25, -0.2) is 14.6 Å². The number of pyridine rings is 1. The summed E-state index contributed by atoms with van der Waals surface area (Å²) < 4.78 is 1.16. The number of hydrogen-bond acceptors (Lipinski definition) is 6. The third-order valence-corrected chi connectivity index (χ3v) is 5.93. The lowest BCUT2D eigenvalue weighted by Gasteiger charge is -2.24. The second-order valence-electron chi connectivity index (χ2n) is 8.59. The number of nitrogens with zero attached hydrogens (tertiary/aromatic N) is 4. The van der Waals surface area contributed by atoms with E-state index in [0.29, 0.717) is 41.3 Å². The van der Waals surface area contributed by atoms with Crippen LogP contribution in [0.5, 0.6) is 0 Å². The van der Waals surface area contributed by atoms with E-state index in [1.165, 1.54) is 0 Å². The average Bonchev–Trinajstić information content (AvgIpc) is 3.43. The summed E-state index contributed by atoms with van der Waals surface area (Å²) >= 11 is 0. The van der Waals surface area contributed by atoms with Crippen LogP contribution in [0.15, 0.2) is 54.7 Å². The van der Waals surface area contributed by atoms with Crippen molar-refractivity contribution < 1.29 is 14.4 Å². The van der Waals surface area contributed by atoms with Crippen LogP contribution >= 0.6 is 0 Å². The summed E-state index contributed by atoms with van der Waals surface area (Å²) in [7, 11) is 0. The second kappa shape index (κ2) is 9.41. The minimum absolute atomic E-state index is 0.0239. The first kappa shape index (κ1) is 23.7. The molecular formula is C25H27N7O3. The fraction of sp³-hybridized carbons (Fsp3) is 0.240. The van der Waals surface area contributed by atoms with Gasteiger partial charge in [-0.15, -0.1) is 0 Å². The third-order valence-electron chi connectivity index (χ3n) is 5.93. The molecule has 0 bridgehead atoms. The number of hydrogen-bond donors (Lipinski definition) is 3. The molecule has 1 atom stereocenters. The van der Waals surface area contributed by atoms with Crippen LogP contribution in [0.1, 0.15) is 58.0 Å². The molecule has 3 aromatic rings. The molecule has 3 heterocycles. The molecule has 1 aliphatic heterocycles. The molecule has 0 unspecified atom stereocenters. The van der Waals surface area contributed by atoms with Crippen molar-refractivity contribution >= 4 is 23.5 Å². The largest absolute Gasteiger partial charge is 0.364 e. The van der Waals surface area contributed by atoms with Crippen LogP contribution in [0.25, 0.3) is 11.3 Å². The van der Waals surface area contributed by atoms with Gasteiger partial charge >= 0.3 is 0 Å². The number of benzene rings is 1. The van der Waals surface area contributed by atoms with E-state index in [2.05, 4.69) is 21.9 Å². The minimum atomic E-state index is -0.746. The lowest BCUT2D eigenvalue weighted by atomic mass is 10.1. The molecule has 0 spiro atoms. The van der Waals surface area contributed by atoms with Gasteiger partial charge in [-0.3, -0.25) is 14.4 Å². The molecular weight excluding hydrogens is 446 g/mol. The zero-order valence-electron chi connectivity index (χ0n) is 19.6. The Labute approximate surface area is 202 Å². The number of nitrogens with one attached hydrogen (secondary N) is 1. The van der Waals surface area contributed by atoms with Crippen molar-refractivity contribution in [2.75, 3.05) is 17.7 Å². The molecule has 0 radical (unpaired) electrons. The smallest absolute Gasteiger partial charge is 0.269 e. The van der Waals surface area contributed by atoms with Gasteiger partial charge in [0.15, 0.2) is 11.5 Å². The summed E-state index contributed by atoms with van der Waals surface area (Å²) in [6, 6.07) is 9.78. The van der Waals surface area contributed by atoms with E-state index in [0.717, 1.165) is 16.7 Å². The van der Waals surface area contributed by atoms with Crippen LogP contribution < -0.4 is 16.9 Å². The zero-order chi connectivity index (χ0) is 25.3. The molecule has 0 aliphatic carbocycles. The number of aromatic nitrogens is 3. The normalized spacial score (nSPS) is 15.1. The Morgan fingerprint density at radius 3 is 2.51 bits per heavy atom. The molecule has 4 rings (SSSR count). The van der Waals surface area contributed by atoms with Crippen molar-refractivity contribution in [3.63, 3.8) is 0 Å². The van der Waals surface area contributed by atoms with Gasteiger partial charge in [0, 0.05) is 29.4 Å². The average molecular weight is 474 g/mol. The number of imidazole rings is 1. The third kappa shape index (κ3) is 4.63. The Hall–Kier alpha value is -4.47. The van der Waals surface area contributed by atoms with E-state index in [9.17, 15) is 14.4 Å². The molecule has 180 valence electrons. The van der Waals surface area contributed by atoms with E-state index >= 15 is 0 Å². The van der Waals surface area contributed by atoms with Crippen LogP contribution in [0, 0.1) is 6.92 Å². The Balaban J connectivity index is 1.64. The molecule has 0 saturated carbocycles. The molecule has 5 N–H and O–H groups in total. The van der Waals surface area contributed by atoms with Gasteiger partial charge < -0.3 is 21.8 Å². The van der Waals surface area contributed by atoms with E-state index in [1.54, 1.807) is 48.4 Å². The van der Waals surface area contributed by atoms with Crippen molar-refractivity contribution in [1.82, 2.24) is 19.5 Å². The summed E-state index contributed by atoms with van der Waals surface area (Å²) in [6.07, 6.45) is 3.05. The van der Waals surface area contributed by atoms with Gasteiger partial charge in [-0.2, -0.15) is 0 Å². The highest BCUT2D eigenvalue weighted by Gasteiger charge is 2.35. The van der Waals surface area contributed by atoms with E-state index < -0.39 is 11.9 Å². The quantitative estimate of drug-likeness (QED) is 0.370. The molecule has 10 nitrogen and oxygen atoms in total. The summed E-state index contributed by atoms with van der Waals surface area (Å²) in [4.78, 5) is 47.9. The van der Waals surface area contributed by atoms with Crippen molar-refractivity contribution in [1.29, 1.82) is 0 Å². The molecule has 1 aliphatic rings. The molecule has 3 amide bonds. The van der Waals surface area contributed by atoms with Crippen molar-refractivity contribution in [3.8, 4) is 11.3 Å². The van der Waals surface area contributed by atoms with Crippen LogP contribution in [-0.4, -0.2) is 43.8 Å². The predicted octanol–water partition coefficient (Wildman–Crippen LogP) is 2.56. The predicted molar refractivity (Wildman–Crippen MR) is 132 cm³/mol. The van der Waals surface area contributed by atoms with Crippen LogP contribution in [0.3, 0.4) is 0 Å². The number of primary amides is 1. The first-order valence-corrected chi connectivity index (χ1v) is 11.2. The summed E-state index contributed by atoms with van der Waals surface area (Å²) in [6.45, 7) is 7.85. The second-order valence-corrected chi connectivity index (χ2v) is 8.59. The van der Waals surface area contributed by atoms with Crippen molar-refractivity contribution in [2.24, 2.45) is 5.73 Å². The number of anilines is 1. The monoisotopic (exact) mass is 473 g/mol. The van der Waals surface area contributed by atoms with Gasteiger partial charge in [-0.1, -0.05) is 18.7 Å². The van der Waals surface area contributed by atoms with Gasteiger partial charge in [0.1, 0.15) is 11.5 Å². The van der Waals surface area contributed by atoms with E-state index in [1.807, 2.05) is 13.0 Å². The maximum Gasteiger partial charge on any atom is 0.269 e. The van der Waals surface area contributed by atoms with Gasteiger partial charge in [0.05, 0.1) is 6.04 Å². The summed E-state index contributed by atoms with van der Waals surface area (Å²) in [5.41, 5.74) is 8.30. The number of likely N-dealkylation sites (tertiary alicyclic amines) is 1. The number of nitrogen functional groups attached to an aromatic ring is 1. The molecule has 1 saturated heterocycles. The lowest BCUT2D eigenvalue weighted by Crippen LogP contribution is -2.34. The maximum atomic E-state index is 12.6. The number of amides is 3. The van der Waals surface area contributed by atoms with Gasteiger partial charge in [0.2, 0.25) is 5.91 Å². The van der Waals surface area contributed by atoms with Crippen LogP contribution in [-0.2, 0) is 4.79 Å². The standard InChI is InChI=1S/C25H27N7O3/c1-14(2)25(35)31-12-4-5-18(31)23-30-20(21(22(26)33)32(23)27)16-6-8-17(9-7-16)24(34)29-19-13-15(3)10-11-28-19/h6-11,13,18H,1,4-5,12,27H2,2-3H3,(H2,26,33)(H,28,29,34)/t18-/m0/s1. The van der Waals surface area contributed by atoms with Crippen molar-refractivity contribution in [2.45, 2.75) is 32.7 Å². The number of rotatable bonds is 6. The minimum Gasteiger partial charge on any atom is -0.364 e. The molecule has 35 heavy (non-hydrogen) atoms. The van der Waals surface area contributed by atoms with Crippen LogP contribution in [0.4, 0.5) is 5.82 Å². The van der Waals surface area contributed by atoms with Crippen LogP contribution in [0.2, 0.25) is 0 Å². The highest BCUT2D eigenvalue weighted by Crippen LogP contribution is 2.35. The van der Waals surface area contributed by atoms with Gasteiger partial charge in [-0.05, 0) is 56.5 Å².